The Bertz CT molecular complexity index is 1650. The van der Waals surface area contributed by atoms with E-state index in [1.165, 1.54) is 48.5 Å². The van der Waals surface area contributed by atoms with Crippen LogP contribution in [0.3, 0.4) is 0 Å². The van der Waals surface area contributed by atoms with Gasteiger partial charge in [0.15, 0.2) is 0 Å². The molecule has 0 atom stereocenters. The lowest BCUT2D eigenvalue weighted by Crippen LogP contribution is -2.15. The van der Waals surface area contributed by atoms with Crippen molar-refractivity contribution >= 4 is 46.5 Å². The number of nitro groups is 2. The maximum absolute atomic E-state index is 12.6. The number of non-ortho nitro benzene ring substituents is 2. The summed E-state index contributed by atoms with van der Waals surface area (Å²) < 4.78 is 0. The van der Waals surface area contributed by atoms with Crippen LogP contribution in [0.5, 0.6) is 0 Å². The van der Waals surface area contributed by atoms with Crippen molar-refractivity contribution in [3.05, 3.63) is 139 Å². The molecule has 4 N–H and O–H groups in total. The molecule has 0 spiro atoms. The van der Waals surface area contributed by atoms with Crippen molar-refractivity contribution in [2.24, 2.45) is 0 Å². The molecule has 0 aliphatic carbocycles. The number of nitro benzene ring substituents is 2. The van der Waals surface area contributed by atoms with Crippen LogP contribution in [0.1, 0.15) is 52.6 Å². The Hall–Kier alpha value is -6.44. The van der Waals surface area contributed by atoms with Gasteiger partial charge in [-0.3, -0.25) is 29.8 Å². The third kappa shape index (κ3) is 7.01. The first-order valence-corrected chi connectivity index (χ1v) is 12.3. The topological polar surface area (TPSA) is 219 Å². The number of nitrogens with one attached hydrogen (secondary N) is 2. The number of benzene rings is 4. The first-order valence-electron chi connectivity index (χ1n) is 12.3. The average molecular weight is 584 g/mol. The van der Waals surface area contributed by atoms with E-state index in [1.54, 1.807) is 12.1 Å². The van der Waals surface area contributed by atoms with Crippen molar-refractivity contribution in [1.29, 1.82) is 0 Å². The number of rotatable bonds is 10. The standard InChI is InChI=1S/C29H20N4O10/c34-26(18-3-7-20(8-4-18)32(40)41)30-24-11-1-16(14-22(24)28(36)37)13-17-2-12-25(23(15-17)29(38)39)31-27(35)19-5-9-21(10-6-19)33(42)43/h1-12,14-15H,13H2,(H,30,34)(H,31,35)(H,36,37)(H,38,39). The highest BCUT2D eigenvalue weighted by molar-refractivity contribution is 6.08. The number of hydrogen-bond donors (Lipinski definition) is 4. The van der Waals surface area contributed by atoms with Crippen LogP contribution in [-0.4, -0.2) is 43.8 Å². The first kappa shape index (κ1) is 29.5. The number of carboxylic acid groups (broad SMARTS) is 2. The van der Waals surface area contributed by atoms with Gasteiger partial charge in [-0.25, -0.2) is 9.59 Å². The fourth-order valence-corrected chi connectivity index (χ4v) is 4.07. The van der Waals surface area contributed by atoms with Gasteiger partial charge in [-0.05, 0) is 66.1 Å². The molecule has 2 amide bonds. The second-order valence-corrected chi connectivity index (χ2v) is 9.06. The van der Waals surface area contributed by atoms with E-state index in [4.69, 9.17) is 0 Å². The highest BCUT2D eigenvalue weighted by Gasteiger charge is 2.18. The van der Waals surface area contributed by atoms with Gasteiger partial charge in [0.05, 0.1) is 32.3 Å². The fraction of sp³-hybridized carbons (Fsp3) is 0.0345. The molecule has 14 heteroatoms. The highest BCUT2D eigenvalue weighted by Crippen LogP contribution is 2.25. The van der Waals surface area contributed by atoms with Crippen LogP contribution < -0.4 is 10.6 Å². The molecule has 14 nitrogen and oxygen atoms in total. The molecule has 0 fully saturated rings. The van der Waals surface area contributed by atoms with E-state index >= 15 is 0 Å². The largest absolute Gasteiger partial charge is 0.478 e. The van der Waals surface area contributed by atoms with Crippen molar-refractivity contribution in [1.82, 2.24) is 0 Å². The van der Waals surface area contributed by atoms with Crippen LogP contribution >= 0.6 is 0 Å². The van der Waals surface area contributed by atoms with E-state index in [-0.39, 0.29) is 51.4 Å². The lowest BCUT2D eigenvalue weighted by atomic mass is 9.99. The van der Waals surface area contributed by atoms with Gasteiger partial charge in [-0.1, -0.05) is 12.1 Å². The first-order chi connectivity index (χ1) is 20.4. The van der Waals surface area contributed by atoms with Gasteiger partial charge in [-0.2, -0.15) is 0 Å². The molecule has 4 aromatic carbocycles. The minimum atomic E-state index is -1.34. The van der Waals surface area contributed by atoms with Gasteiger partial charge >= 0.3 is 11.9 Å². The monoisotopic (exact) mass is 584 g/mol. The summed E-state index contributed by atoms with van der Waals surface area (Å²) in [6.45, 7) is 0. The lowest BCUT2D eigenvalue weighted by molar-refractivity contribution is -0.385. The summed E-state index contributed by atoms with van der Waals surface area (Å²) in [4.78, 5) is 69.5. The van der Waals surface area contributed by atoms with Gasteiger partial charge in [0, 0.05) is 35.4 Å². The predicted molar refractivity (Wildman–Crippen MR) is 152 cm³/mol. The molecule has 0 radical (unpaired) electrons. The van der Waals surface area contributed by atoms with E-state index in [0.29, 0.717) is 11.1 Å². The van der Waals surface area contributed by atoms with Crippen LogP contribution in [0.4, 0.5) is 22.7 Å². The summed E-state index contributed by atoms with van der Waals surface area (Å²) in [7, 11) is 0. The smallest absolute Gasteiger partial charge is 0.337 e. The third-order valence-electron chi connectivity index (χ3n) is 6.21. The zero-order valence-electron chi connectivity index (χ0n) is 21.8. The Balaban J connectivity index is 1.52. The van der Waals surface area contributed by atoms with E-state index in [2.05, 4.69) is 10.6 Å². The van der Waals surface area contributed by atoms with E-state index in [0.717, 1.165) is 24.3 Å². The van der Waals surface area contributed by atoms with Gasteiger partial charge in [-0.15, -0.1) is 0 Å². The molecule has 0 aliphatic heterocycles. The molecular formula is C29H20N4O10. The van der Waals surface area contributed by atoms with Gasteiger partial charge in [0.2, 0.25) is 0 Å². The average Bonchev–Trinajstić information content (AvgIpc) is 2.98. The minimum Gasteiger partial charge on any atom is -0.478 e. The Morgan fingerprint density at radius 1 is 0.581 bits per heavy atom. The van der Waals surface area contributed by atoms with Gasteiger partial charge < -0.3 is 20.8 Å². The molecule has 0 saturated carbocycles. The number of carbonyl (C=O) groups is 4. The summed E-state index contributed by atoms with van der Waals surface area (Å²) >= 11 is 0. The molecule has 0 heterocycles. The van der Waals surface area contributed by atoms with Gasteiger partial charge in [0.1, 0.15) is 0 Å². The van der Waals surface area contributed by atoms with E-state index < -0.39 is 33.6 Å². The van der Waals surface area contributed by atoms with Gasteiger partial charge in [0.25, 0.3) is 23.2 Å². The molecule has 0 saturated heterocycles. The van der Waals surface area contributed by atoms with Crippen LogP contribution in [0.15, 0.2) is 84.9 Å². The second kappa shape index (κ2) is 12.4. The van der Waals surface area contributed by atoms with Crippen molar-refractivity contribution in [2.75, 3.05) is 10.6 Å². The van der Waals surface area contributed by atoms with Crippen molar-refractivity contribution < 1.29 is 39.2 Å². The number of carbonyl (C=O) groups excluding carboxylic acids is 2. The number of aromatic carboxylic acids is 2. The predicted octanol–water partition coefficient (Wildman–Crippen LogP) is 4.99. The lowest BCUT2D eigenvalue weighted by Gasteiger charge is -2.13. The molecule has 0 bridgehead atoms. The van der Waals surface area contributed by atoms with Crippen LogP contribution in [0.2, 0.25) is 0 Å². The molecule has 4 rings (SSSR count). The number of amides is 2. The third-order valence-corrected chi connectivity index (χ3v) is 6.21. The number of hydrogen-bond acceptors (Lipinski definition) is 8. The van der Waals surface area contributed by atoms with Crippen LogP contribution in [0, 0.1) is 20.2 Å². The van der Waals surface area contributed by atoms with Crippen LogP contribution in [-0.2, 0) is 6.42 Å². The maximum atomic E-state index is 12.6. The Labute approximate surface area is 241 Å². The van der Waals surface area contributed by atoms with Crippen molar-refractivity contribution in [2.45, 2.75) is 6.42 Å². The molecule has 0 aliphatic rings. The zero-order valence-corrected chi connectivity index (χ0v) is 21.8. The minimum absolute atomic E-state index is 0.0184. The quantitative estimate of drug-likeness (QED) is 0.144. The van der Waals surface area contributed by atoms with Crippen LogP contribution in [0.25, 0.3) is 0 Å². The number of nitrogens with zero attached hydrogens (tertiary/aromatic N) is 2. The summed E-state index contributed by atoms with van der Waals surface area (Å²) in [6.07, 6.45) is 0.105. The van der Waals surface area contributed by atoms with Crippen molar-refractivity contribution in [3.8, 4) is 0 Å². The molecule has 216 valence electrons. The molecule has 4 aromatic rings. The fourth-order valence-electron chi connectivity index (χ4n) is 4.07. The number of carboxylic acids is 2. The molecule has 0 unspecified atom stereocenters. The summed E-state index contributed by atoms with van der Waals surface area (Å²) in [5.41, 5.74) is 0.174. The normalized spacial score (nSPS) is 10.4. The summed E-state index contributed by atoms with van der Waals surface area (Å²) in [5.74, 6) is -4.03. The molecule has 43 heavy (non-hydrogen) atoms. The maximum Gasteiger partial charge on any atom is 0.337 e. The van der Waals surface area contributed by atoms with E-state index in [1.807, 2.05) is 0 Å². The molecular weight excluding hydrogens is 564 g/mol. The molecule has 0 aromatic heterocycles. The summed E-state index contributed by atoms with van der Waals surface area (Å²) in [5, 5.41) is 46.1. The Kier molecular flexibility index (Phi) is 8.51. The summed E-state index contributed by atoms with van der Waals surface area (Å²) in [6, 6.07) is 18.0. The van der Waals surface area contributed by atoms with E-state index in [9.17, 15) is 49.6 Å². The zero-order chi connectivity index (χ0) is 31.3. The Morgan fingerprint density at radius 2 is 0.930 bits per heavy atom. The van der Waals surface area contributed by atoms with Crippen molar-refractivity contribution in [3.63, 3.8) is 0 Å². The Morgan fingerprint density at radius 3 is 1.23 bits per heavy atom. The second-order valence-electron chi connectivity index (χ2n) is 9.06. The highest BCUT2D eigenvalue weighted by atomic mass is 16.6. The SMILES string of the molecule is O=C(Nc1ccc(Cc2ccc(NC(=O)c3ccc([N+](=O)[O-])cc3)c(C(=O)O)c2)cc1C(=O)O)c1ccc([N+](=O)[O-])cc1. The number of anilines is 2.